The Balaban J connectivity index is 2.04. The Bertz CT molecular complexity index is 506. The van der Waals surface area contributed by atoms with Gasteiger partial charge < -0.3 is 14.7 Å². The molecule has 0 aliphatic rings. The number of amides is 1. The topological polar surface area (TPSA) is 49.8 Å². The van der Waals surface area contributed by atoms with E-state index >= 15 is 0 Å². The summed E-state index contributed by atoms with van der Waals surface area (Å²) in [5.41, 5.74) is 0. The average Bonchev–Trinajstić information content (AvgIpc) is 2.87. The molecule has 1 atom stereocenters. The number of thiophene rings is 2. The van der Waals surface area contributed by atoms with E-state index < -0.39 is 6.10 Å². The van der Waals surface area contributed by atoms with Crippen molar-refractivity contribution in [3.05, 3.63) is 22.4 Å². The normalized spacial score (nSPS) is 12.8. The number of likely N-dealkylation sites (N-methyl/N-ethyl adjacent to an activating group) is 1. The summed E-state index contributed by atoms with van der Waals surface area (Å²) >= 11 is 3.12. The maximum atomic E-state index is 12.1. The third-order valence-corrected chi connectivity index (χ3v) is 4.62. The van der Waals surface area contributed by atoms with Crippen molar-refractivity contribution in [3.63, 3.8) is 0 Å². The molecule has 2 aromatic heterocycles. The van der Waals surface area contributed by atoms with E-state index in [1.54, 1.807) is 18.4 Å². The van der Waals surface area contributed by atoms with E-state index in [2.05, 4.69) is 0 Å². The zero-order chi connectivity index (χ0) is 13.1. The molecule has 18 heavy (non-hydrogen) atoms. The zero-order valence-electron chi connectivity index (χ0n) is 10.3. The van der Waals surface area contributed by atoms with Crippen LogP contribution in [0.4, 0.5) is 0 Å². The van der Waals surface area contributed by atoms with Crippen molar-refractivity contribution in [2.45, 2.75) is 6.10 Å². The lowest BCUT2D eigenvalue weighted by molar-refractivity contribution is 0.0382. The fourth-order valence-corrected chi connectivity index (χ4v) is 3.81. The van der Waals surface area contributed by atoms with E-state index in [0.717, 1.165) is 9.40 Å². The van der Waals surface area contributed by atoms with Gasteiger partial charge in [0.25, 0.3) is 5.91 Å². The van der Waals surface area contributed by atoms with Crippen LogP contribution in [0.3, 0.4) is 0 Å². The Hall–Kier alpha value is -0.950. The molecule has 0 bridgehead atoms. The van der Waals surface area contributed by atoms with Crippen LogP contribution in [-0.4, -0.2) is 49.3 Å². The highest BCUT2D eigenvalue weighted by Gasteiger charge is 2.17. The number of carbonyl (C=O) groups is 1. The lowest BCUT2D eigenvalue weighted by Gasteiger charge is -2.19. The third-order valence-electron chi connectivity index (χ3n) is 2.54. The van der Waals surface area contributed by atoms with Gasteiger partial charge in [0.1, 0.15) is 0 Å². The molecule has 0 saturated heterocycles. The van der Waals surface area contributed by atoms with Gasteiger partial charge in [-0.1, -0.05) is 0 Å². The molecular formula is C12H15NO3S2. The molecule has 0 saturated carbocycles. The van der Waals surface area contributed by atoms with Crippen LogP contribution in [0.5, 0.6) is 0 Å². The number of hydrogen-bond donors (Lipinski definition) is 1. The Morgan fingerprint density at radius 2 is 2.33 bits per heavy atom. The summed E-state index contributed by atoms with van der Waals surface area (Å²) in [7, 11) is 3.22. The minimum Gasteiger partial charge on any atom is -0.389 e. The number of fused-ring (bicyclic) bond motifs is 1. The monoisotopic (exact) mass is 285 g/mol. The van der Waals surface area contributed by atoms with Gasteiger partial charge in [0.05, 0.1) is 17.6 Å². The molecule has 1 N–H and O–H groups in total. The molecule has 98 valence electrons. The first-order chi connectivity index (χ1) is 8.61. The second kappa shape index (κ2) is 5.79. The first kappa shape index (κ1) is 13.5. The highest BCUT2D eigenvalue weighted by molar-refractivity contribution is 7.27. The largest absolute Gasteiger partial charge is 0.389 e. The van der Waals surface area contributed by atoms with Crippen molar-refractivity contribution < 1.29 is 14.6 Å². The smallest absolute Gasteiger partial charge is 0.263 e. The van der Waals surface area contributed by atoms with E-state index in [1.165, 1.54) is 23.3 Å². The number of aliphatic hydroxyl groups is 1. The highest BCUT2D eigenvalue weighted by Crippen LogP contribution is 2.30. The molecule has 0 radical (unpaired) electrons. The molecule has 0 aliphatic heterocycles. The standard InChI is InChI=1S/C12H15NO3S2/c1-13(6-8(14)7-16-2)12(15)11-5-10-9(18-11)3-4-17-10/h3-5,8,14H,6-7H2,1-2H3. The second-order valence-corrected chi connectivity index (χ2v) is 6.09. The van der Waals surface area contributed by atoms with Gasteiger partial charge in [0, 0.05) is 30.1 Å². The van der Waals surface area contributed by atoms with Gasteiger partial charge in [-0.3, -0.25) is 4.79 Å². The molecule has 0 fully saturated rings. The molecule has 2 rings (SSSR count). The van der Waals surface area contributed by atoms with Crippen LogP contribution in [0.2, 0.25) is 0 Å². The summed E-state index contributed by atoms with van der Waals surface area (Å²) < 4.78 is 7.11. The molecule has 0 aromatic carbocycles. The number of nitrogens with zero attached hydrogens (tertiary/aromatic N) is 1. The first-order valence-corrected chi connectivity index (χ1v) is 7.21. The Morgan fingerprint density at radius 1 is 1.56 bits per heavy atom. The molecular weight excluding hydrogens is 270 g/mol. The Labute approximate surface area is 113 Å². The lowest BCUT2D eigenvalue weighted by Crippen LogP contribution is -2.35. The highest BCUT2D eigenvalue weighted by atomic mass is 32.1. The number of methoxy groups -OCH3 is 1. The second-order valence-electron chi connectivity index (χ2n) is 4.05. The predicted octanol–water partition coefficient (Wildman–Crippen LogP) is 2.04. The Kier molecular flexibility index (Phi) is 4.34. The van der Waals surface area contributed by atoms with E-state index in [4.69, 9.17) is 4.74 Å². The van der Waals surface area contributed by atoms with Crippen LogP contribution >= 0.6 is 22.7 Å². The SMILES string of the molecule is COCC(O)CN(C)C(=O)c1cc2sccc2s1. The molecule has 4 nitrogen and oxygen atoms in total. The third kappa shape index (κ3) is 2.89. The number of aliphatic hydroxyl groups excluding tert-OH is 1. The van der Waals surface area contributed by atoms with Gasteiger partial charge in [0.15, 0.2) is 0 Å². The first-order valence-electron chi connectivity index (χ1n) is 5.51. The number of rotatable bonds is 5. The lowest BCUT2D eigenvalue weighted by atomic mass is 10.3. The van der Waals surface area contributed by atoms with Crippen molar-refractivity contribution in [1.29, 1.82) is 0 Å². The van der Waals surface area contributed by atoms with Crippen LogP contribution in [0.25, 0.3) is 9.40 Å². The van der Waals surface area contributed by atoms with Crippen molar-refractivity contribution in [3.8, 4) is 0 Å². The van der Waals surface area contributed by atoms with Crippen LogP contribution in [0.15, 0.2) is 17.5 Å². The van der Waals surface area contributed by atoms with Gasteiger partial charge >= 0.3 is 0 Å². The molecule has 1 unspecified atom stereocenters. The van der Waals surface area contributed by atoms with Gasteiger partial charge in [-0.15, -0.1) is 22.7 Å². The van der Waals surface area contributed by atoms with Crippen LogP contribution in [0, 0.1) is 0 Å². The number of carbonyl (C=O) groups excluding carboxylic acids is 1. The summed E-state index contributed by atoms with van der Waals surface area (Å²) in [6, 6.07) is 3.92. The zero-order valence-corrected chi connectivity index (χ0v) is 11.9. The molecule has 1 amide bonds. The van der Waals surface area contributed by atoms with Crippen molar-refractivity contribution in [1.82, 2.24) is 4.90 Å². The molecule has 2 aromatic rings. The summed E-state index contributed by atoms with van der Waals surface area (Å²) in [5.74, 6) is -0.0569. The van der Waals surface area contributed by atoms with Gasteiger partial charge in [-0.05, 0) is 17.5 Å². The van der Waals surface area contributed by atoms with E-state index in [0.29, 0.717) is 4.88 Å². The van der Waals surface area contributed by atoms with Crippen LogP contribution < -0.4 is 0 Å². The van der Waals surface area contributed by atoms with Crippen molar-refractivity contribution in [2.24, 2.45) is 0 Å². The maximum Gasteiger partial charge on any atom is 0.263 e. The summed E-state index contributed by atoms with van der Waals surface area (Å²) in [6.07, 6.45) is -0.648. The van der Waals surface area contributed by atoms with Crippen LogP contribution in [-0.2, 0) is 4.74 Å². The fourth-order valence-electron chi connectivity index (χ4n) is 1.70. The molecule has 0 spiro atoms. The van der Waals surface area contributed by atoms with Crippen molar-refractivity contribution >= 4 is 38.0 Å². The summed E-state index contributed by atoms with van der Waals surface area (Å²) in [5, 5.41) is 11.6. The Morgan fingerprint density at radius 3 is 3.00 bits per heavy atom. The van der Waals surface area contributed by atoms with Gasteiger partial charge in [0.2, 0.25) is 0 Å². The summed E-state index contributed by atoms with van der Waals surface area (Å²) in [4.78, 5) is 14.4. The molecule has 6 heteroatoms. The van der Waals surface area contributed by atoms with E-state index in [1.807, 2.05) is 17.5 Å². The molecule has 2 heterocycles. The maximum absolute atomic E-state index is 12.1. The number of hydrogen-bond acceptors (Lipinski definition) is 5. The van der Waals surface area contributed by atoms with Gasteiger partial charge in [-0.2, -0.15) is 0 Å². The summed E-state index contributed by atoms with van der Waals surface area (Å²) in [6.45, 7) is 0.509. The minimum absolute atomic E-state index is 0.0569. The predicted molar refractivity (Wildman–Crippen MR) is 74.5 cm³/mol. The number of ether oxygens (including phenoxy) is 1. The minimum atomic E-state index is -0.648. The van der Waals surface area contributed by atoms with Crippen molar-refractivity contribution in [2.75, 3.05) is 27.3 Å². The van der Waals surface area contributed by atoms with E-state index in [-0.39, 0.29) is 19.1 Å². The van der Waals surface area contributed by atoms with Crippen LogP contribution in [0.1, 0.15) is 9.67 Å². The fraction of sp³-hybridized carbons (Fsp3) is 0.417. The average molecular weight is 285 g/mol. The quantitative estimate of drug-likeness (QED) is 0.914. The van der Waals surface area contributed by atoms with Gasteiger partial charge in [-0.25, -0.2) is 0 Å². The van der Waals surface area contributed by atoms with E-state index in [9.17, 15) is 9.90 Å². The molecule has 0 aliphatic carbocycles.